The average molecular weight is 295 g/mol. The van der Waals surface area contributed by atoms with Gasteiger partial charge in [-0.3, -0.25) is 0 Å². The molecule has 1 fully saturated rings. The zero-order valence-corrected chi connectivity index (χ0v) is 12.9. The minimum Gasteiger partial charge on any atom is -0.467 e. The van der Waals surface area contributed by atoms with Crippen LogP contribution in [0.15, 0.2) is 16.7 Å². The van der Waals surface area contributed by atoms with Crippen molar-refractivity contribution in [2.75, 3.05) is 53.4 Å². The van der Waals surface area contributed by atoms with Crippen molar-refractivity contribution in [3.63, 3.8) is 0 Å². The molecule has 0 aromatic carbocycles. The molecule has 1 aromatic heterocycles. The van der Waals surface area contributed by atoms with Crippen LogP contribution >= 0.6 is 0 Å². The predicted molar refractivity (Wildman–Crippen MR) is 80.3 cm³/mol. The van der Waals surface area contributed by atoms with Crippen LogP contribution in [-0.4, -0.2) is 69.2 Å². The molecule has 0 unspecified atom stereocenters. The first-order valence-electron chi connectivity index (χ1n) is 7.46. The molecule has 6 heteroatoms. The maximum Gasteiger partial charge on any atom is 0.341 e. The molecular formula is C15H25N3O3. The summed E-state index contributed by atoms with van der Waals surface area (Å²) in [5, 5.41) is 3.34. The van der Waals surface area contributed by atoms with Crippen LogP contribution < -0.4 is 5.32 Å². The fourth-order valence-corrected chi connectivity index (χ4v) is 2.41. The second-order valence-electron chi connectivity index (χ2n) is 5.47. The molecule has 0 aliphatic carbocycles. The van der Waals surface area contributed by atoms with Crippen LogP contribution in [0.3, 0.4) is 0 Å². The number of hydrogen-bond donors (Lipinski definition) is 1. The largest absolute Gasteiger partial charge is 0.467 e. The van der Waals surface area contributed by atoms with Crippen LogP contribution in [0.25, 0.3) is 0 Å². The highest BCUT2D eigenvalue weighted by Gasteiger charge is 2.13. The number of furan rings is 1. The monoisotopic (exact) mass is 295 g/mol. The molecule has 2 rings (SSSR count). The van der Waals surface area contributed by atoms with E-state index in [1.54, 1.807) is 6.07 Å². The van der Waals surface area contributed by atoms with E-state index in [0.717, 1.165) is 51.4 Å². The van der Waals surface area contributed by atoms with Gasteiger partial charge in [-0.25, -0.2) is 4.79 Å². The van der Waals surface area contributed by atoms with Gasteiger partial charge in [-0.05, 0) is 32.6 Å². The molecule has 0 radical (unpaired) electrons. The van der Waals surface area contributed by atoms with E-state index in [1.165, 1.54) is 13.4 Å². The molecule has 0 saturated carbocycles. The zero-order chi connectivity index (χ0) is 15.1. The van der Waals surface area contributed by atoms with Crippen molar-refractivity contribution in [1.29, 1.82) is 0 Å². The fraction of sp³-hybridized carbons (Fsp3) is 0.667. The molecule has 1 aliphatic heterocycles. The summed E-state index contributed by atoms with van der Waals surface area (Å²) in [6, 6.07) is 1.72. The summed E-state index contributed by atoms with van der Waals surface area (Å²) in [4.78, 5) is 16.2. The van der Waals surface area contributed by atoms with Crippen LogP contribution in [0, 0.1) is 0 Å². The Labute approximate surface area is 126 Å². The first kappa shape index (κ1) is 16.0. The minimum atomic E-state index is -0.361. The third-order valence-corrected chi connectivity index (χ3v) is 3.80. The van der Waals surface area contributed by atoms with Gasteiger partial charge < -0.3 is 24.3 Å². The Morgan fingerprint density at radius 1 is 1.38 bits per heavy atom. The zero-order valence-electron chi connectivity index (χ0n) is 12.9. The van der Waals surface area contributed by atoms with Crippen molar-refractivity contribution in [3.05, 3.63) is 23.7 Å². The summed E-state index contributed by atoms with van der Waals surface area (Å²) < 4.78 is 9.96. The highest BCUT2D eigenvalue weighted by Crippen LogP contribution is 2.08. The van der Waals surface area contributed by atoms with Gasteiger partial charge in [-0.2, -0.15) is 0 Å². The Kier molecular flexibility index (Phi) is 6.22. The predicted octanol–water partition coefficient (Wildman–Crippen LogP) is 0.793. The molecule has 1 saturated heterocycles. The van der Waals surface area contributed by atoms with Crippen LogP contribution in [0.2, 0.25) is 0 Å². The van der Waals surface area contributed by atoms with E-state index in [-0.39, 0.29) is 5.97 Å². The molecular weight excluding hydrogens is 270 g/mol. The molecule has 1 N–H and O–H groups in total. The van der Waals surface area contributed by atoms with Gasteiger partial charge in [0.05, 0.1) is 19.2 Å². The number of methoxy groups -OCH3 is 1. The number of carbonyl (C=O) groups excluding carboxylic acids is 1. The van der Waals surface area contributed by atoms with Gasteiger partial charge in [0.2, 0.25) is 0 Å². The highest BCUT2D eigenvalue weighted by molar-refractivity contribution is 5.88. The van der Waals surface area contributed by atoms with Crippen molar-refractivity contribution < 1.29 is 13.9 Å². The maximum atomic E-state index is 11.3. The van der Waals surface area contributed by atoms with Crippen LogP contribution in [0.1, 0.15) is 22.5 Å². The lowest BCUT2D eigenvalue weighted by Gasteiger charge is -2.32. The second kappa shape index (κ2) is 8.17. The quantitative estimate of drug-likeness (QED) is 0.593. The third-order valence-electron chi connectivity index (χ3n) is 3.80. The number of hydrogen-bond acceptors (Lipinski definition) is 6. The lowest BCUT2D eigenvalue weighted by Crippen LogP contribution is -2.45. The number of ether oxygens (including phenoxy) is 1. The van der Waals surface area contributed by atoms with Gasteiger partial charge in [0, 0.05) is 26.2 Å². The van der Waals surface area contributed by atoms with Gasteiger partial charge in [0.25, 0.3) is 0 Å². The van der Waals surface area contributed by atoms with Crippen LogP contribution in [0.5, 0.6) is 0 Å². The SMILES string of the molecule is COC(=O)c1coc(CNCCCN2CCN(C)CC2)c1. The summed E-state index contributed by atoms with van der Waals surface area (Å²) in [6.07, 6.45) is 2.56. The molecule has 0 spiro atoms. The number of esters is 1. The lowest BCUT2D eigenvalue weighted by atomic mass is 10.3. The molecule has 1 aromatic rings. The molecule has 6 nitrogen and oxygen atoms in total. The Morgan fingerprint density at radius 2 is 2.14 bits per heavy atom. The first-order valence-corrected chi connectivity index (χ1v) is 7.46. The van der Waals surface area contributed by atoms with E-state index in [0.29, 0.717) is 12.1 Å². The normalized spacial score (nSPS) is 17.0. The Hall–Kier alpha value is -1.37. The molecule has 118 valence electrons. The molecule has 0 atom stereocenters. The summed E-state index contributed by atoms with van der Waals surface area (Å²) in [7, 11) is 3.54. The van der Waals surface area contributed by atoms with Gasteiger partial charge in [0.1, 0.15) is 12.0 Å². The van der Waals surface area contributed by atoms with E-state index in [4.69, 9.17) is 4.42 Å². The number of likely N-dealkylation sites (N-methyl/N-ethyl adjacent to an activating group) is 1. The third kappa shape index (κ3) is 5.15. The van der Waals surface area contributed by atoms with Crippen molar-refractivity contribution in [2.24, 2.45) is 0 Å². The van der Waals surface area contributed by atoms with Gasteiger partial charge in [-0.1, -0.05) is 0 Å². The number of piperazine rings is 1. The van der Waals surface area contributed by atoms with Crippen molar-refractivity contribution in [3.8, 4) is 0 Å². The fourth-order valence-electron chi connectivity index (χ4n) is 2.41. The van der Waals surface area contributed by atoms with Crippen LogP contribution in [0.4, 0.5) is 0 Å². The second-order valence-corrected chi connectivity index (χ2v) is 5.47. The Morgan fingerprint density at radius 3 is 2.86 bits per heavy atom. The number of rotatable bonds is 7. The van der Waals surface area contributed by atoms with Crippen LogP contribution in [-0.2, 0) is 11.3 Å². The smallest absolute Gasteiger partial charge is 0.341 e. The average Bonchev–Trinajstić information content (AvgIpc) is 2.97. The van der Waals surface area contributed by atoms with Crippen molar-refractivity contribution >= 4 is 5.97 Å². The van der Waals surface area contributed by atoms with Crippen molar-refractivity contribution in [1.82, 2.24) is 15.1 Å². The molecule has 0 bridgehead atoms. The van der Waals surface area contributed by atoms with E-state index in [2.05, 4.69) is 26.9 Å². The standard InChI is InChI=1S/C15H25N3O3/c1-17-6-8-18(9-7-17)5-3-4-16-11-14-10-13(12-21-14)15(19)20-2/h10,12,16H,3-9,11H2,1-2H3. The van der Waals surface area contributed by atoms with E-state index < -0.39 is 0 Å². The number of nitrogens with one attached hydrogen (secondary N) is 1. The topological polar surface area (TPSA) is 58.0 Å². The van der Waals surface area contributed by atoms with Gasteiger partial charge >= 0.3 is 5.97 Å². The van der Waals surface area contributed by atoms with E-state index >= 15 is 0 Å². The maximum absolute atomic E-state index is 11.3. The number of nitrogens with zero attached hydrogens (tertiary/aromatic N) is 2. The minimum absolute atomic E-state index is 0.361. The lowest BCUT2D eigenvalue weighted by molar-refractivity contribution is 0.0600. The summed E-state index contributed by atoms with van der Waals surface area (Å²) >= 11 is 0. The summed E-state index contributed by atoms with van der Waals surface area (Å²) in [5.41, 5.74) is 0.465. The molecule has 2 heterocycles. The van der Waals surface area contributed by atoms with E-state index in [1.807, 2.05) is 0 Å². The van der Waals surface area contributed by atoms with Gasteiger partial charge in [0.15, 0.2) is 0 Å². The summed E-state index contributed by atoms with van der Waals surface area (Å²) in [6.45, 7) is 7.37. The Balaban J connectivity index is 1.57. The number of carbonyl (C=O) groups is 1. The van der Waals surface area contributed by atoms with Crippen molar-refractivity contribution in [2.45, 2.75) is 13.0 Å². The molecule has 21 heavy (non-hydrogen) atoms. The Bertz CT molecular complexity index is 439. The van der Waals surface area contributed by atoms with E-state index in [9.17, 15) is 4.79 Å². The summed E-state index contributed by atoms with van der Waals surface area (Å²) in [5.74, 6) is 0.398. The first-order chi connectivity index (χ1) is 10.2. The molecule has 1 aliphatic rings. The highest BCUT2D eigenvalue weighted by atomic mass is 16.5. The molecule has 0 amide bonds. The van der Waals surface area contributed by atoms with Gasteiger partial charge in [-0.15, -0.1) is 0 Å².